The number of methoxy groups -OCH3 is 1. The largest absolute Gasteiger partial charge is 0.497 e. The summed E-state index contributed by atoms with van der Waals surface area (Å²) in [5.74, 6) is 0.790. The summed E-state index contributed by atoms with van der Waals surface area (Å²) in [4.78, 5) is 15.1. The summed E-state index contributed by atoms with van der Waals surface area (Å²) in [5, 5.41) is 2.65. The van der Waals surface area contributed by atoms with Crippen molar-refractivity contribution < 1.29 is 4.74 Å². The number of hydrogen-bond acceptors (Lipinski definition) is 2. The average molecular weight is 228 g/mol. The molecular weight excluding hydrogens is 216 g/mol. The number of hydrogen-bond donors (Lipinski definition) is 1. The van der Waals surface area contributed by atoms with Crippen LogP contribution < -0.4 is 10.3 Å². The molecule has 0 aliphatic carbocycles. The number of H-pyrrole nitrogens is 1. The van der Waals surface area contributed by atoms with Gasteiger partial charge in [-0.25, -0.2) is 0 Å². The van der Waals surface area contributed by atoms with Gasteiger partial charge in [0.25, 0.3) is 5.56 Å². The van der Waals surface area contributed by atoms with E-state index in [0.29, 0.717) is 5.39 Å². The molecule has 17 heavy (non-hydrogen) atoms. The van der Waals surface area contributed by atoms with Gasteiger partial charge in [0.05, 0.1) is 18.0 Å². The molecule has 1 aromatic carbocycles. The summed E-state index contributed by atoms with van der Waals surface area (Å²) in [6, 6.07) is 5.72. The quantitative estimate of drug-likeness (QED) is 0.692. The normalized spacial score (nSPS) is 11.2. The first-order valence-corrected chi connectivity index (χ1v) is 5.35. The SMILES string of the molecule is COc1ccc2c(c1)c1c[nH]cc1c(=O)n2C. The van der Waals surface area contributed by atoms with E-state index in [1.807, 2.05) is 24.4 Å². The van der Waals surface area contributed by atoms with Crippen LogP contribution in [0.5, 0.6) is 5.75 Å². The summed E-state index contributed by atoms with van der Waals surface area (Å²) in [5.41, 5.74) is 0.918. The molecule has 0 atom stereocenters. The Morgan fingerprint density at radius 1 is 1.18 bits per heavy atom. The highest BCUT2D eigenvalue weighted by Crippen LogP contribution is 2.25. The molecule has 0 unspecified atom stereocenters. The summed E-state index contributed by atoms with van der Waals surface area (Å²) in [6.45, 7) is 0. The van der Waals surface area contributed by atoms with Crippen LogP contribution in [0.1, 0.15) is 0 Å². The Morgan fingerprint density at radius 3 is 2.71 bits per heavy atom. The highest BCUT2D eigenvalue weighted by molar-refractivity contribution is 6.05. The van der Waals surface area contributed by atoms with E-state index in [0.717, 1.165) is 22.0 Å². The Labute approximate surface area is 97.4 Å². The molecule has 0 amide bonds. The van der Waals surface area contributed by atoms with Crippen LogP contribution in [0.3, 0.4) is 0 Å². The molecule has 0 saturated heterocycles. The number of pyridine rings is 1. The van der Waals surface area contributed by atoms with Crippen LogP contribution >= 0.6 is 0 Å². The van der Waals surface area contributed by atoms with Crippen LogP contribution in [-0.4, -0.2) is 16.7 Å². The molecule has 0 radical (unpaired) electrons. The second-order valence-corrected chi connectivity index (χ2v) is 4.03. The fraction of sp³-hybridized carbons (Fsp3) is 0.154. The van der Waals surface area contributed by atoms with E-state index in [-0.39, 0.29) is 5.56 Å². The lowest BCUT2D eigenvalue weighted by Gasteiger charge is -2.08. The fourth-order valence-corrected chi connectivity index (χ4v) is 2.20. The Kier molecular flexibility index (Phi) is 1.98. The van der Waals surface area contributed by atoms with E-state index >= 15 is 0 Å². The van der Waals surface area contributed by atoms with Crippen molar-refractivity contribution in [3.63, 3.8) is 0 Å². The number of fused-ring (bicyclic) bond motifs is 3. The van der Waals surface area contributed by atoms with Crippen molar-refractivity contribution in [2.75, 3.05) is 7.11 Å². The van der Waals surface area contributed by atoms with Gasteiger partial charge in [-0.1, -0.05) is 0 Å². The first-order chi connectivity index (χ1) is 8.22. The van der Waals surface area contributed by atoms with Gasteiger partial charge >= 0.3 is 0 Å². The zero-order chi connectivity index (χ0) is 12.0. The zero-order valence-electron chi connectivity index (χ0n) is 9.65. The van der Waals surface area contributed by atoms with Gasteiger partial charge in [0.2, 0.25) is 0 Å². The van der Waals surface area contributed by atoms with Crippen LogP contribution in [0, 0.1) is 0 Å². The molecule has 3 aromatic rings. The molecule has 0 bridgehead atoms. The smallest absolute Gasteiger partial charge is 0.260 e. The van der Waals surface area contributed by atoms with Crippen molar-refractivity contribution in [3.05, 3.63) is 40.9 Å². The first-order valence-electron chi connectivity index (χ1n) is 5.35. The van der Waals surface area contributed by atoms with Crippen LogP contribution in [-0.2, 0) is 7.05 Å². The molecule has 4 heteroatoms. The third-order valence-electron chi connectivity index (χ3n) is 3.14. The van der Waals surface area contributed by atoms with Crippen molar-refractivity contribution >= 4 is 21.7 Å². The topological polar surface area (TPSA) is 47.0 Å². The standard InChI is InChI=1S/C13H12N2O2/c1-15-12-4-3-8(17-2)5-9(12)10-6-14-7-11(10)13(15)16/h3-7,14H,1-2H3. The predicted molar refractivity (Wildman–Crippen MR) is 67.6 cm³/mol. The van der Waals surface area contributed by atoms with Crippen molar-refractivity contribution in [1.82, 2.24) is 9.55 Å². The second kappa shape index (κ2) is 3.38. The van der Waals surface area contributed by atoms with Crippen molar-refractivity contribution in [2.45, 2.75) is 0 Å². The van der Waals surface area contributed by atoms with Gasteiger partial charge in [0.15, 0.2) is 0 Å². The third kappa shape index (κ3) is 1.27. The number of nitrogens with zero attached hydrogens (tertiary/aromatic N) is 1. The number of aryl methyl sites for hydroxylation is 1. The minimum Gasteiger partial charge on any atom is -0.497 e. The van der Waals surface area contributed by atoms with E-state index < -0.39 is 0 Å². The number of aromatic nitrogens is 2. The van der Waals surface area contributed by atoms with Gasteiger partial charge in [0.1, 0.15) is 5.75 Å². The minimum absolute atomic E-state index is 0.0129. The van der Waals surface area contributed by atoms with E-state index in [9.17, 15) is 4.79 Å². The maximum atomic E-state index is 12.1. The maximum Gasteiger partial charge on any atom is 0.260 e. The highest BCUT2D eigenvalue weighted by Gasteiger charge is 2.09. The molecule has 2 heterocycles. The van der Waals surface area contributed by atoms with Crippen LogP contribution in [0.4, 0.5) is 0 Å². The Bertz CT molecular complexity index is 768. The molecule has 0 aliphatic heterocycles. The summed E-state index contributed by atoms with van der Waals surface area (Å²) in [7, 11) is 3.42. The Hall–Kier alpha value is -2.23. The second-order valence-electron chi connectivity index (χ2n) is 4.03. The Morgan fingerprint density at radius 2 is 1.94 bits per heavy atom. The molecule has 1 N–H and O–H groups in total. The number of aromatic amines is 1. The van der Waals surface area contributed by atoms with Crippen molar-refractivity contribution in [1.29, 1.82) is 0 Å². The minimum atomic E-state index is 0.0129. The van der Waals surface area contributed by atoms with Crippen LogP contribution in [0.15, 0.2) is 35.4 Å². The molecule has 3 rings (SSSR count). The third-order valence-corrected chi connectivity index (χ3v) is 3.14. The Balaban J connectivity index is 2.61. The molecular formula is C13H12N2O2. The number of nitrogens with one attached hydrogen (secondary N) is 1. The lowest BCUT2D eigenvalue weighted by molar-refractivity contribution is 0.415. The van der Waals surface area contributed by atoms with Gasteiger partial charge < -0.3 is 14.3 Å². The van der Waals surface area contributed by atoms with Crippen molar-refractivity contribution in [3.8, 4) is 5.75 Å². The zero-order valence-corrected chi connectivity index (χ0v) is 9.65. The molecule has 4 nitrogen and oxygen atoms in total. The maximum absolute atomic E-state index is 12.1. The number of rotatable bonds is 1. The number of ether oxygens (including phenoxy) is 1. The summed E-state index contributed by atoms with van der Waals surface area (Å²) in [6.07, 6.45) is 3.58. The van der Waals surface area contributed by atoms with Gasteiger partial charge in [-0.05, 0) is 18.2 Å². The van der Waals surface area contributed by atoms with Gasteiger partial charge in [-0.15, -0.1) is 0 Å². The lowest BCUT2D eigenvalue weighted by atomic mass is 10.1. The highest BCUT2D eigenvalue weighted by atomic mass is 16.5. The van der Waals surface area contributed by atoms with Crippen LogP contribution in [0.25, 0.3) is 21.7 Å². The van der Waals surface area contributed by atoms with Crippen LogP contribution in [0.2, 0.25) is 0 Å². The molecule has 0 fully saturated rings. The molecule has 2 aromatic heterocycles. The molecule has 86 valence electrons. The summed E-state index contributed by atoms with van der Waals surface area (Å²) < 4.78 is 6.88. The van der Waals surface area contributed by atoms with E-state index in [1.165, 1.54) is 0 Å². The first kappa shape index (κ1) is 9.96. The monoisotopic (exact) mass is 228 g/mol. The van der Waals surface area contributed by atoms with Gasteiger partial charge in [-0.2, -0.15) is 0 Å². The van der Waals surface area contributed by atoms with E-state index in [4.69, 9.17) is 4.74 Å². The lowest BCUT2D eigenvalue weighted by Crippen LogP contribution is -2.16. The number of benzene rings is 1. The predicted octanol–water partition coefficient (Wildman–Crippen LogP) is 2.03. The van der Waals surface area contributed by atoms with Gasteiger partial charge in [-0.3, -0.25) is 4.79 Å². The van der Waals surface area contributed by atoms with E-state index in [2.05, 4.69) is 4.98 Å². The van der Waals surface area contributed by atoms with Crippen molar-refractivity contribution in [2.24, 2.45) is 7.05 Å². The molecule has 0 saturated carbocycles. The fourth-order valence-electron chi connectivity index (χ4n) is 2.20. The summed E-state index contributed by atoms with van der Waals surface area (Å²) >= 11 is 0. The average Bonchev–Trinajstić information content (AvgIpc) is 2.84. The van der Waals surface area contributed by atoms with E-state index in [1.54, 1.807) is 24.9 Å². The molecule has 0 aliphatic rings. The molecule has 0 spiro atoms. The van der Waals surface area contributed by atoms with Gasteiger partial charge in [0, 0.05) is 30.2 Å².